The van der Waals surface area contributed by atoms with Crippen LogP contribution < -0.4 is 4.72 Å². The smallest absolute Gasteiger partial charge is 0.337 e. The van der Waals surface area contributed by atoms with Crippen molar-refractivity contribution in [2.24, 2.45) is 0 Å². The molecule has 0 saturated carbocycles. The number of nitrogens with zero attached hydrogens (tertiary/aromatic N) is 1. The topological polar surface area (TPSA) is 96.4 Å². The van der Waals surface area contributed by atoms with Crippen molar-refractivity contribution in [1.29, 1.82) is 0 Å². The Balaban J connectivity index is 2.85. The Morgan fingerprint density at radius 2 is 2.24 bits per heavy atom. The molecule has 0 radical (unpaired) electrons. The molecule has 0 aliphatic heterocycles. The summed E-state index contributed by atoms with van der Waals surface area (Å²) in [5, 5.41) is 8.43. The Morgan fingerprint density at radius 3 is 2.71 bits per heavy atom. The molecule has 0 amide bonds. The molecule has 2 N–H and O–H groups in total. The van der Waals surface area contributed by atoms with Crippen molar-refractivity contribution in [2.45, 2.75) is 11.4 Å². The molecule has 1 aromatic heterocycles. The Bertz CT molecular complexity index is 508. The number of aromatic nitrogens is 1. The molecule has 1 rings (SSSR count). The van der Waals surface area contributed by atoms with E-state index in [2.05, 4.69) is 16.3 Å². The maximum atomic E-state index is 11.6. The van der Waals surface area contributed by atoms with Gasteiger partial charge in [0.05, 0.1) is 5.56 Å². The number of sulfonamides is 1. The van der Waals surface area contributed by atoms with Crippen LogP contribution in [0.2, 0.25) is 0 Å². The van der Waals surface area contributed by atoms with Gasteiger partial charge in [0.2, 0.25) is 0 Å². The van der Waals surface area contributed by atoms with Crippen LogP contribution in [0.25, 0.3) is 0 Å². The number of aromatic carboxylic acids is 1. The zero-order valence-electron chi connectivity index (χ0n) is 8.96. The van der Waals surface area contributed by atoms with Gasteiger partial charge in [0.15, 0.2) is 5.03 Å². The first-order valence-electron chi connectivity index (χ1n) is 4.77. The fraction of sp³-hybridized carbons (Fsp3) is 0.200. The molecular weight excluding hydrogens is 244 g/mol. The highest BCUT2D eigenvalue weighted by Crippen LogP contribution is 2.06. The molecule has 0 atom stereocenters. The van der Waals surface area contributed by atoms with Crippen molar-refractivity contribution in [1.82, 2.24) is 9.71 Å². The van der Waals surface area contributed by atoms with Gasteiger partial charge in [-0.25, -0.2) is 22.9 Å². The highest BCUT2D eigenvalue weighted by Gasteiger charge is 2.15. The summed E-state index contributed by atoms with van der Waals surface area (Å²) in [7, 11) is -3.68. The number of rotatable bonds is 6. The van der Waals surface area contributed by atoms with E-state index < -0.39 is 16.0 Å². The standard InChI is InChI=1S/C10H12N2O4S/c1-2-3-6-12-17(15,16)9-5-4-8(7-11-9)10(13)14/h2,4-5,7,12H,1,3,6H2,(H,13,14). The third kappa shape index (κ3) is 3.65. The minimum absolute atomic E-state index is 0.0601. The van der Waals surface area contributed by atoms with Crippen molar-refractivity contribution in [3.05, 3.63) is 36.5 Å². The SMILES string of the molecule is C=CCCNS(=O)(=O)c1ccc(C(=O)O)cn1. The predicted molar refractivity (Wildman–Crippen MR) is 61.2 cm³/mol. The first-order chi connectivity index (χ1) is 7.97. The van der Waals surface area contributed by atoms with Crippen molar-refractivity contribution in [3.8, 4) is 0 Å². The molecule has 7 heteroatoms. The van der Waals surface area contributed by atoms with Crippen LogP contribution in [-0.2, 0) is 10.0 Å². The molecule has 0 spiro atoms. The number of pyridine rings is 1. The summed E-state index contributed by atoms with van der Waals surface area (Å²) in [6.07, 6.45) is 3.10. The van der Waals surface area contributed by atoms with Gasteiger partial charge in [0, 0.05) is 12.7 Å². The van der Waals surface area contributed by atoms with Crippen LogP contribution in [0.5, 0.6) is 0 Å². The van der Waals surface area contributed by atoms with E-state index in [4.69, 9.17) is 5.11 Å². The summed E-state index contributed by atoms with van der Waals surface area (Å²) in [6.45, 7) is 3.70. The molecule has 17 heavy (non-hydrogen) atoms. The monoisotopic (exact) mass is 256 g/mol. The molecule has 1 aromatic rings. The van der Waals surface area contributed by atoms with E-state index in [-0.39, 0.29) is 17.1 Å². The Labute approximate surface area is 99.1 Å². The first kappa shape index (κ1) is 13.3. The maximum absolute atomic E-state index is 11.6. The lowest BCUT2D eigenvalue weighted by atomic mass is 10.3. The van der Waals surface area contributed by atoms with Crippen molar-refractivity contribution >= 4 is 16.0 Å². The van der Waals surface area contributed by atoms with Gasteiger partial charge in [-0.2, -0.15) is 0 Å². The summed E-state index contributed by atoms with van der Waals surface area (Å²) in [5.41, 5.74) is -0.0601. The second kappa shape index (κ2) is 5.55. The van der Waals surface area contributed by atoms with Gasteiger partial charge in [-0.3, -0.25) is 0 Å². The zero-order valence-corrected chi connectivity index (χ0v) is 9.77. The highest BCUT2D eigenvalue weighted by atomic mass is 32.2. The molecule has 0 aromatic carbocycles. The number of carbonyl (C=O) groups is 1. The van der Waals surface area contributed by atoms with E-state index in [0.29, 0.717) is 6.42 Å². The predicted octanol–water partition coefficient (Wildman–Crippen LogP) is 0.634. The van der Waals surface area contributed by atoms with E-state index >= 15 is 0 Å². The van der Waals surface area contributed by atoms with Gasteiger partial charge >= 0.3 is 5.97 Å². The Hall–Kier alpha value is -1.73. The van der Waals surface area contributed by atoms with Crippen LogP contribution in [0.4, 0.5) is 0 Å². The molecule has 92 valence electrons. The minimum Gasteiger partial charge on any atom is -0.478 e. The lowest BCUT2D eigenvalue weighted by Crippen LogP contribution is -2.25. The number of carboxylic acid groups (broad SMARTS) is 1. The van der Waals surface area contributed by atoms with Gasteiger partial charge in [0.25, 0.3) is 10.0 Å². The zero-order chi connectivity index (χ0) is 12.9. The first-order valence-corrected chi connectivity index (χ1v) is 6.25. The minimum atomic E-state index is -3.68. The van der Waals surface area contributed by atoms with Crippen LogP contribution in [0.1, 0.15) is 16.8 Å². The van der Waals surface area contributed by atoms with E-state index in [1.54, 1.807) is 6.08 Å². The molecule has 0 fully saturated rings. The average Bonchev–Trinajstić information content (AvgIpc) is 2.29. The molecular formula is C10H12N2O4S. The molecule has 0 aliphatic rings. The lowest BCUT2D eigenvalue weighted by molar-refractivity contribution is 0.0696. The van der Waals surface area contributed by atoms with Crippen LogP contribution >= 0.6 is 0 Å². The van der Waals surface area contributed by atoms with Crippen LogP contribution in [-0.4, -0.2) is 31.0 Å². The number of nitrogens with one attached hydrogen (secondary N) is 1. The Morgan fingerprint density at radius 1 is 1.53 bits per heavy atom. The number of carboxylic acids is 1. The summed E-state index contributed by atoms with van der Waals surface area (Å²) < 4.78 is 25.6. The van der Waals surface area contributed by atoms with Gasteiger partial charge < -0.3 is 5.11 Å². The fourth-order valence-electron chi connectivity index (χ4n) is 1.04. The van der Waals surface area contributed by atoms with Gasteiger partial charge in [-0.1, -0.05) is 6.08 Å². The van der Waals surface area contributed by atoms with Gasteiger partial charge in [-0.05, 0) is 18.6 Å². The van der Waals surface area contributed by atoms with E-state index in [1.807, 2.05) is 0 Å². The van der Waals surface area contributed by atoms with Crippen LogP contribution in [0.15, 0.2) is 36.0 Å². The van der Waals surface area contributed by atoms with E-state index in [9.17, 15) is 13.2 Å². The maximum Gasteiger partial charge on any atom is 0.337 e. The number of hydrogen-bond donors (Lipinski definition) is 2. The molecule has 0 bridgehead atoms. The molecule has 1 heterocycles. The van der Waals surface area contributed by atoms with Crippen LogP contribution in [0, 0.1) is 0 Å². The molecule has 0 saturated heterocycles. The Kier molecular flexibility index (Phi) is 4.36. The van der Waals surface area contributed by atoms with Crippen LogP contribution in [0.3, 0.4) is 0 Å². The largest absolute Gasteiger partial charge is 0.478 e. The van der Waals surface area contributed by atoms with Gasteiger partial charge in [-0.15, -0.1) is 6.58 Å². The third-order valence-electron chi connectivity index (χ3n) is 1.90. The summed E-state index contributed by atoms with van der Waals surface area (Å²) >= 11 is 0. The average molecular weight is 256 g/mol. The second-order valence-electron chi connectivity index (χ2n) is 3.17. The summed E-state index contributed by atoms with van der Waals surface area (Å²) in [6, 6.07) is 2.34. The third-order valence-corrected chi connectivity index (χ3v) is 3.28. The quantitative estimate of drug-likeness (QED) is 0.575. The molecule has 0 unspecified atom stereocenters. The van der Waals surface area contributed by atoms with Crippen molar-refractivity contribution in [3.63, 3.8) is 0 Å². The normalized spacial score (nSPS) is 11.1. The fourth-order valence-corrected chi connectivity index (χ4v) is 2.01. The highest BCUT2D eigenvalue weighted by molar-refractivity contribution is 7.89. The second-order valence-corrected chi connectivity index (χ2v) is 4.88. The summed E-state index contributed by atoms with van der Waals surface area (Å²) in [4.78, 5) is 14.1. The van der Waals surface area contributed by atoms with Gasteiger partial charge in [0.1, 0.15) is 0 Å². The molecule has 6 nitrogen and oxygen atoms in total. The van der Waals surface area contributed by atoms with E-state index in [1.165, 1.54) is 6.07 Å². The summed E-state index contributed by atoms with van der Waals surface area (Å²) in [5.74, 6) is -1.15. The molecule has 0 aliphatic carbocycles. The van der Waals surface area contributed by atoms with E-state index in [0.717, 1.165) is 12.3 Å². The lowest BCUT2D eigenvalue weighted by Gasteiger charge is -2.04. The number of hydrogen-bond acceptors (Lipinski definition) is 4. The van der Waals surface area contributed by atoms with Crippen molar-refractivity contribution < 1.29 is 18.3 Å². The van der Waals surface area contributed by atoms with Crippen molar-refractivity contribution in [2.75, 3.05) is 6.54 Å².